The largest absolute Gasteiger partial charge is 0.492 e. The van der Waals surface area contributed by atoms with Crippen LogP contribution in [0, 0.1) is 0 Å². The van der Waals surface area contributed by atoms with Crippen molar-refractivity contribution in [1.29, 1.82) is 0 Å². The van der Waals surface area contributed by atoms with Gasteiger partial charge in [-0.05, 0) is 48.5 Å². The molecule has 3 rings (SSSR count). The first kappa shape index (κ1) is 26.3. The maximum Gasteiger partial charge on any atom is 0.271 e. The first-order valence-electron chi connectivity index (χ1n) is 10.7. The molecule has 12 heteroatoms. The minimum atomic E-state index is -4.21. The molecule has 0 bridgehead atoms. The minimum Gasteiger partial charge on any atom is -0.492 e. The van der Waals surface area contributed by atoms with Gasteiger partial charge in [-0.25, -0.2) is 13.1 Å². The van der Waals surface area contributed by atoms with Crippen molar-refractivity contribution in [3.05, 3.63) is 89.7 Å². The summed E-state index contributed by atoms with van der Waals surface area (Å²) >= 11 is 0. The van der Waals surface area contributed by atoms with Crippen LogP contribution in [0.25, 0.3) is 0 Å². The Morgan fingerprint density at radius 1 is 0.833 bits per heavy atom. The summed E-state index contributed by atoms with van der Waals surface area (Å²) < 4.78 is 37.3. The summed E-state index contributed by atoms with van der Waals surface area (Å²) in [6.07, 6.45) is 1.08. The highest BCUT2D eigenvalue weighted by molar-refractivity contribution is 7.90. The van der Waals surface area contributed by atoms with Gasteiger partial charge in [0.2, 0.25) is 0 Å². The third-order valence-corrected chi connectivity index (χ3v) is 6.04. The predicted molar refractivity (Wildman–Crippen MR) is 129 cm³/mol. The number of amides is 3. The number of aromatic nitrogens is 1. The van der Waals surface area contributed by atoms with Crippen LogP contribution < -0.4 is 20.1 Å². The third kappa shape index (κ3) is 7.35. The molecule has 0 atom stereocenters. The predicted octanol–water partition coefficient (Wildman–Crippen LogP) is 1.34. The molecule has 0 aliphatic rings. The van der Waals surface area contributed by atoms with Crippen LogP contribution in [0.3, 0.4) is 0 Å². The van der Waals surface area contributed by atoms with Crippen molar-refractivity contribution in [2.24, 2.45) is 0 Å². The topological polar surface area (TPSA) is 153 Å². The Kier molecular flexibility index (Phi) is 9.08. The Bertz CT molecular complexity index is 1300. The molecule has 3 aromatic rings. The van der Waals surface area contributed by atoms with Crippen LogP contribution in [0.15, 0.2) is 77.8 Å². The Hall–Kier alpha value is -4.29. The van der Waals surface area contributed by atoms with E-state index in [0.29, 0.717) is 5.75 Å². The molecule has 0 unspecified atom stereocenters. The molecular weight excluding hydrogens is 488 g/mol. The van der Waals surface area contributed by atoms with E-state index in [1.165, 1.54) is 43.5 Å². The van der Waals surface area contributed by atoms with Crippen molar-refractivity contribution in [1.82, 2.24) is 20.3 Å². The van der Waals surface area contributed by atoms with Crippen molar-refractivity contribution in [3.8, 4) is 5.75 Å². The molecule has 0 aliphatic heterocycles. The summed E-state index contributed by atoms with van der Waals surface area (Å²) in [5.41, 5.74) is 0.217. The second-order valence-electron chi connectivity index (χ2n) is 7.25. The highest BCUT2D eigenvalue weighted by Gasteiger charge is 2.20. The number of carbonyl (C=O) groups is 3. The SMILES string of the molecule is COCNC(=O)c1ccc(C(=O)NS(=O)(=O)c2ccc(C(=O)NCCOc3ccccc3)cc2)cn1. The maximum atomic E-state index is 12.6. The van der Waals surface area contributed by atoms with Crippen molar-refractivity contribution < 1.29 is 32.3 Å². The number of sulfonamides is 1. The van der Waals surface area contributed by atoms with Gasteiger partial charge in [0.15, 0.2) is 0 Å². The number of pyridine rings is 1. The normalized spacial score (nSPS) is 10.8. The number of hydrogen-bond acceptors (Lipinski definition) is 8. The number of para-hydroxylation sites is 1. The van der Waals surface area contributed by atoms with Gasteiger partial charge >= 0.3 is 0 Å². The second kappa shape index (κ2) is 12.4. The molecular formula is C24H24N4O7S. The standard InChI is InChI=1S/C24H24N4O7S/c1-34-16-27-24(31)21-12-9-18(15-26-21)23(30)28-36(32,33)20-10-7-17(8-11-20)22(29)25-13-14-35-19-5-3-2-4-6-19/h2-12,15H,13-14,16H2,1H3,(H,25,29)(H,27,31)(H,28,30). The highest BCUT2D eigenvalue weighted by Crippen LogP contribution is 2.12. The summed E-state index contributed by atoms with van der Waals surface area (Å²) in [7, 11) is -2.80. The first-order chi connectivity index (χ1) is 17.3. The molecule has 188 valence electrons. The van der Waals surface area contributed by atoms with E-state index in [0.717, 1.165) is 6.20 Å². The zero-order valence-electron chi connectivity index (χ0n) is 19.3. The molecule has 0 aliphatic carbocycles. The van der Waals surface area contributed by atoms with E-state index >= 15 is 0 Å². The van der Waals surface area contributed by atoms with Crippen LogP contribution in [0.5, 0.6) is 5.75 Å². The fourth-order valence-electron chi connectivity index (χ4n) is 2.87. The lowest BCUT2D eigenvalue weighted by Crippen LogP contribution is -2.31. The molecule has 0 spiro atoms. The van der Waals surface area contributed by atoms with E-state index in [1.807, 2.05) is 22.9 Å². The molecule has 2 aromatic carbocycles. The van der Waals surface area contributed by atoms with E-state index in [1.54, 1.807) is 12.1 Å². The van der Waals surface area contributed by atoms with E-state index < -0.39 is 27.7 Å². The number of nitrogens with zero attached hydrogens (tertiary/aromatic N) is 1. The van der Waals surface area contributed by atoms with E-state index in [4.69, 9.17) is 9.47 Å². The Labute approximate surface area is 207 Å². The molecule has 0 fully saturated rings. The van der Waals surface area contributed by atoms with Crippen molar-refractivity contribution >= 4 is 27.7 Å². The van der Waals surface area contributed by atoms with Crippen LogP contribution in [-0.2, 0) is 14.8 Å². The average Bonchev–Trinajstić information content (AvgIpc) is 2.90. The van der Waals surface area contributed by atoms with Gasteiger partial charge in [0.1, 0.15) is 24.8 Å². The van der Waals surface area contributed by atoms with E-state index in [9.17, 15) is 22.8 Å². The van der Waals surface area contributed by atoms with Crippen LogP contribution in [0.2, 0.25) is 0 Å². The summed E-state index contributed by atoms with van der Waals surface area (Å²) in [6.45, 7) is 0.511. The zero-order chi connectivity index (χ0) is 26.0. The first-order valence-corrected chi connectivity index (χ1v) is 12.1. The van der Waals surface area contributed by atoms with Gasteiger partial charge in [0, 0.05) is 18.9 Å². The summed E-state index contributed by atoms with van der Waals surface area (Å²) in [5.74, 6) is -1.15. The fourth-order valence-corrected chi connectivity index (χ4v) is 3.84. The molecule has 11 nitrogen and oxygen atoms in total. The fraction of sp³-hybridized carbons (Fsp3) is 0.167. The molecule has 3 N–H and O–H groups in total. The van der Waals surface area contributed by atoms with Gasteiger partial charge in [0.25, 0.3) is 27.7 Å². The van der Waals surface area contributed by atoms with Crippen LogP contribution in [0.4, 0.5) is 0 Å². The van der Waals surface area contributed by atoms with Crippen LogP contribution >= 0.6 is 0 Å². The lowest BCUT2D eigenvalue weighted by Gasteiger charge is -2.09. The monoisotopic (exact) mass is 512 g/mol. The van der Waals surface area contributed by atoms with Crippen LogP contribution in [0.1, 0.15) is 31.2 Å². The summed E-state index contributed by atoms with van der Waals surface area (Å²) in [5, 5.41) is 5.11. The smallest absolute Gasteiger partial charge is 0.271 e. The third-order valence-electron chi connectivity index (χ3n) is 4.69. The molecule has 0 saturated carbocycles. The van der Waals surface area contributed by atoms with Gasteiger partial charge in [-0.1, -0.05) is 18.2 Å². The van der Waals surface area contributed by atoms with Gasteiger partial charge in [0.05, 0.1) is 17.0 Å². The number of nitrogens with one attached hydrogen (secondary N) is 3. The lowest BCUT2D eigenvalue weighted by molar-refractivity contribution is 0.0865. The maximum absolute atomic E-state index is 12.6. The van der Waals surface area contributed by atoms with E-state index in [-0.39, 0.29) is 41.6 Å². The zero-order valence-corrected chi connectivity index (χ0v) is 20.1. The molecule has 1 heterocycles. The second-order valence-corrected chi connectivity index (χ2v) is 8.93. The highest BCUT2D eigenvalue weighted by atomic mass is 32.2. The van der Waals surface area contributed by atoms with Gasteiger partial charge in [-0.2, -0.15) is 0 Å². The van der Waals surface area contributed by atoms with Crippen molar-refractivity contribution in [3.63, 3.8) is 0 Å². The Morgan fingerprint density at radius 2 is 1.53 bits per heavy atom. The van der Waals surface area contributed by atoms with Crippen LogP contribution in [-0.4, -0.2) is 58.1 Å². The summed E-state index contributed by atoms with van der Waals surface area (Å²) in [6, 6.07) is 16.8. The van der Waals surface area contributed by atoms with E-state index in [2.05, 4.69) is 15.6 Å². The number of hydrogen-bond donors (Lipinski definition) is 3. The van der Waals surface area contributed by atoms with Gasteiger partial charge in [-0.15, -0.1) is 0 Å². The average molecular weight is 513 g/mol. The molecule has 0 saturated heterocycles. The molecule has 3 amide bonds. The number of carbonyl (C=O) groups excluding carboxylic acids is 3. The summed E-state index contributed by atoms with van der Waals surface area (Å²) in [4.78, 5) is 40.1. The lowest BCUT2D eigenvalue weighted by atomic mass is 10.2. The quantitative estimate of drug-likeness (QED) is 0.257. The van der Waals surface area contributed by atoms with Crippen molar-refractivity contribution in [2.75, 3.05) is 27.0 Å². The molecule has 0 radical (unpaired) electrons. The number of ether oxygens (including phenoxy) is 2. The van der Waals surface area contributed by atoms with Crippen molar-refractivity contribution in [2.45, 2.75) is 4.90 Å². The Morgan fingerprint density at radius 3 is 2.17 bits per heavy atom. The van der Waals surface area contributed by atoms with Gasteiger partial charge < -0.3 is 20.1 Å². The number of methoxy groups -OCH3 is 1. The molecule has 36 heavy (non-hydrogen) atoms. The number of benzene rings is 2. The number of rotatable bonds is 11. The molecule has 1 aromatic heterocycles. The Balaban J connectivity index is 1.53. The minimum absolute atomic E-state index is 0.00980. The van der Waals surface area contributed by atoms with Gasteiger partial charge in [-0.3, -0.25) is 19.4 Å².